The van der Waals surface area contributed by atoms with Crippen LogP contribution in [-0.4, -0.2) is 25.3 Å². The number of aryl methyl sites for hydroxylation is 1. The Balaban J connectivity index is 1.50. The number of aliphatic hydroxyl groups excluding tert-OH is 1. The van der Waals surface area contributed by atoms with Crippen molar-refractivity contribution in [2.45, 2.75) is 33.0 Å². The monoisotopic (exact) mass is 421 g/mol. The standard InChI is InChI=1S/C28H27N3O/c1-20-21(2)31(26-16-10-9-15-25(20)26)18-24(32)17-30-19-29-27(22-11-5-3-6-12-22)28(30)23-13-7-4-8-14-23/h3-16,19,24,32H,17-18H2,1-2H3. The zero-order chi connectivity index (χ0) is 22.1. The lowest BCUT2D eigenvalue weighted by Gasteiger charge is -2.17. The Morgan fingerprint density at radius 1 is 0.781 bits per heavy atom. The van der Waals surface area contributed by atoms with Crippen molar-refractivity contribution in [1.29, 1.82) is 0 Å². The van der Waals surface area contributed by atoms with Crippen molar-refractivity contribution >= 4 is 10.9 Å². The number of nitrogens with zero attached hydrogens (tertiary/aromatic N) is 3. The molecule has 0 spiro atoms. The maximum atomic E-state index is 11.1. The van der Waals surface area contributed by atoms with Gasteiger partial charge in [0.15, 0.2) is 0 Å². The van der Waals surface area contributed by atoms with Crippen LogP contribution in [0.3, 0.4) is 0 Å². The molecule has 0 radical (unpaired) electrons. The summed E-state index contributed by atoms with van der Waals surface area (Å²) < 4.78 is 4.31. The Bertz CT molecular complexity index is 1350. The van der Waals surface area contributed by atoms with Crippen LogP contribution in [0.15, 0.2) is 91.3 Å². The number of hydrogen-bond donors (Lipinski definition) is 1. The van der Waals surface area contributed by atoms with Crippen LogP contribution >= 0.6 is 0 Å². The van der Waals surface area contributed by atoms with Crippen molar-refractivity contribution in [2.75, 3.05) is 0 Å². The first-order valence-electron chi connectivity index (χ1n) is 11.0. The van der Waals surface area contributed by atoms with E-state index in [1.807, 2.05) is 42.7 Å². The number of rotatable bonds is 6. The molecule has 1 N–H and O–H groups in total. The Hall–Kier alpha value is -3.63. The molecule has 0 bridgehead atoms. The van der Waals surface area contributed by atoms with E-state index >= 15 is 0 Å². The fourth-order valence-electron chi connectivity index (χ4n) is 4.56. The van der Waals surface area contributed by atoms with E-state index in [2.05, 4.69) is 71.5 Å². The highest BCUT2D eigenvalue weighted by molar-refractivity contribution is 5.85. The van der Waals surface area contributed by atoms with Gasteiger partial charge >= 0.3 is 0 Å². The second kappa shape index (κ2) is 8.48. The van der Waals surface area contributed by atoms with Gasteiger partial charge in [0, 0.05) is 27.7 Å². The minimum Gasteiger partial charge on any atom is -0.389 e. The van der Waals surface area contributed by atoms with Gasteiger partial charge in [-0.25, -0.2) is 4.98 Å². The van der Waals surface area contributed by atoms with Gasteiger partial charge in [0.25, 0.3) is 0 Å². The van der Waals surface area contributed by atoms with Gasteiger partial charge in [-0.1, -0.05) is 78.9 Å². The van der Waals surface area contributed by atoms with E-state index in [-0.39, 0.29) is 0 Å². The highest BCUT2D eigenvalue weighted by Gasteiger charge is 2.19. The first-order chi connectivity index (χ1) is 15.6. The normalized spacial score (nSPS) is 12.3. The van der Waals surface area contributed by atoms with Crippen molar-refractivity contribution < 1.29 is 5.11 Å². The number of fused-ring (bicyclic) bond motifs is 1. The molecule has 32 heavy (non-hydrogen) atoms. The molecule has 0 amide bonds. The van der Waals surface area contributed by atoms with Gasteiger partial charge in [-0.3, -0.25) is 0 Å². The summed E-state index contributed by atoms with van der Waals surface area (Å²) in [6.45, 7) is 5.28. The van der Waals surface area contributed by atoms with Crippen LogP contribution in [0.2, 0.25) is 0 Å². The Morgan fingerprint density at radius 3 is 2.12 bits per heavy atom. The summed E-state index contributed by atoms with van der Waals surface area (Å²) in [7, 11) is 0. The molecule has 1 unspecified atom stereocenters. The number of hydrogen-bond acceptors (Lipinski definition) is 2. The summed E-state index contributed by atoms with van der Waals surface area (Å²) in [6.07, 6.45) is 1.30. The van der Waals surface area contributed by atoms with Gasteiger partial charge in [0.1, 0.15) is 0 Å². The quantitative estimate of drug-likeness (QED) is 0.374. The summed E-state index contributed by atoms with van der Waals surface area (Å²) in [5.74, 6) is 0. The summed E-state index contributed by atoms with van der Waals surface area (Å²) >= 11 is 0. The van der Waals surface area contributed by atoms with Crippen molar-refractivity contribution in [3.8, 4) is 22.5 Å². The number of para-hydroxylation sites is 1. The molecule has 1 atom stereocenters. The number of benzene rings is 3. The van der Waals surface area contributed by atoms with Crippen LogP contribution in [0.5, 0.6) is 0 Å². The SMILES string of the molecule is Cc1c(C)n(CC(O)Cn2cnc(-c3ccccc3)c2-c2ccccc2)c2ccccc12. The number of aliphatic hydroxyl groups is 1. The fraction of sp³-hybridized carbons (Fsp3) is 0.179. The fourth-order valence-corrected chi connectivity index (χ4v) is 4.56. The predicted octanol–water partition coefficient (Wildman–Crippen LogP) is 5.85. The molecule has 3 aromatic carbocycles. The van der Waals surface area contributed by atoms with E-state index in [1.165, 1.54) is 22.2 Å². The largest absolute Gasteiger partial charge is 0.389 e. The lowest BCUT2D eigenvalue weighted by atomic mass is 10.0. The third-order valence-corrected chi connectivity index (χ3v) is 6.28. The topological polar surface area (TPSA) is 43.0 Å². The summed E-state index contributed by atoms with van der Waals surface area (Å²) in [4.78, 5) is 4.74. The van der Waals surface area contributed by atoms with E-state index in [0.29, 0.717) is 13.1 Å². The van der Waals surface area contributed by atoms with Gasteiger partial charge in [-0.15, -0.1) is 0 Å². The van der Waals surface area contributed by atoms with Crippen molar-refractivity contribution in [3.63, 3.8) is 0 Å². The van der Waals surface area contributed by atoms with Crippen molar-refractivity contribution in [3.05, 3.63) is 103 Å². The Morgan fingerprint density at radius 2 is 1.41 bits per heavy atom. The number of imidazole rings is 1. The molecule has 2 heterocycles. The molecule has 2 aromatic heterocycles. The summed E-state index contributed by atoms with van der Waals surface area (Å²) in [5.41, 5.74) is 7.76. The molecule has 0 fully saturated rings. The minimum absolute atomic E-state index is 0.467. The number of aromatic nitrogens is 3. The van der Waals surface area contributed by atoms with Crippen LogP contribution < -0.4 is 0 Å². The maximum absolute atomic E-state index is 11.1. The van der Waals surface area contributed by atoms with Crippen molar-refractivity contribution in [1.82, 2.24) is 14.1 Å². The first kappa shape index (κ1) is 20.3. The molecule has 0 aliphatic carbocycles. The zero-order valence-electron chi connectivity index (χ0n) is 18.4. The smallest absolute Gasteiger partial charge is 0.0963 e. The highest BCUT2D eigenvalue weighted by Crippen LogP contribution is 2.31. The molecule has 4 heteroatoms. The van der Waals surface area contributed by atoms with Gasteiger partial charge in [-0.05, 0) is 25.5 Å². The molecule has 160 valence electrons. The van der Waals surface area contributed by atoms with E-state index in [0.717, 1.165) is 22.5 Å². The maximum Gasteiger partial charge on any atom is 0.0963 e. The predicted molar refractivity (Wildman–Crippen MR) is 131 cm³/mol. The third kappa shape index (κ3) is 3.63. The second-order valence-corrected chi connectivity index (χ2v) is 8.32. The molecule has 0 saturated heterocycles. The third-order valence-electron chi connectivity index (χ3n) is 6.28. The molecule has 4 nitrogen and oxygen atoms in total. The summed E-state index contributed by atoms with van der Waals surface area (Å²) in [5, 5.41) is 12.4. The second-order valence-electron chi connectivity index (χ2n) is 8.32. The van der Waals surface area contributed by atoms with Gasteiger partial charge in [0.05, 0.1) is 36.9 Å². The van der Waals surface area contributed by atoms with Crippen LogP contribution in [0.4, 0.5) is 0 Å². The van der Waals surface area contributed by atoms with Gasteiger partial charge < -0.3 is 14.2 Å². The minimum atomic E-state index is -0.552. The average Bonchev–Trinajstić information content (AvgIpc) is 3.35. The van der Waals surface area contributed by atoms with Gasteiger partial charge in [-0.2, -0.15) is 0 Å². The van der Waals surface area contributed by atoms with Crippen LogP contribution in [0.1, 0.15) is 11.3 Å². The van der Waals surface area contributed by atoms with E-state index < -0.39 is 6.10 Å². The zero-order valence-corrected chi connectivity index (χ0v) is 18.4. The molecular formula is C28H27N3O. The van der Waals surface area contributed by atoms with E-state index in [1.54, 1.807) is 0 Å². The van der Waals surface area contributed by atoms with Crippen LogP contribution in [-0.2, 0) is 13.1 Å². The van der Waals surface area contributed by atoms with Gasteiger partial charge in [0.2, 0.25) is 0 Å². The molecule has 0 aliphatic heterocycles. The molecule has 0 saturated carbocycles. The van der Waals surface area contributed by atoms with Crippen LogP contribution in [0, 0.1) is 13.8 Å². The average molecular weight is 422 g/mol. The lowest BCUT2D eigenvalue weighted by molar-refractivity contribution is 0.135. The van der Waals surface area contributed by atoms with Crippen molar-refractivity contribution in [2.24, 2.45) is 0 Å². The highest BCUT2D eigenvalue weighted by atomic mass is 16.3. The Kier molecular flexibility index (Phi) is 5.38. The molecule has 5 rings (SSSR count). The van der Waals surface area contributed by atoms with Crippen LogP contribution in [0.25, 0.3) is 33.4 Å². The van der Waals surface area contributed by atoms with E-state index in [9.17, 15) is 5.11 Å². The molecular weight excluding hydrogens is 394 g/mol. The summed E-state index contributed by atoms with van der Waals surface area (Å²) in [6, 6.07) is 28.9. The van der Waals surface area contributed by atoms with E-state index in [4.69, 9.17) is 4.98 Å². The lowest BCUT2D eigenvalue weighted by Crippen LogP contribution is -2.23. The molecule has 5 aromatic rings. The molecule has 0 aliphatic rings. The Labute approximate surface area is 188 Å². The first-order valence-corrected chi connectivity index (χ1v) is 11.0.